The van der Waals surface area contributed by atoms with Crippen LogP contribution in [-0.4, -0.2) is 5.71 Å². The lowest BCUT2D eigenvalue weighted by atomic mass is 9.90. The van der Waals surface area contributed by atoms with Gasteiger partial charge in [-0.25, -0.2) is 0 Å². The molecule has 1 N–H and O–H groups in total. The van der Waals surface area contributed by atoms with Crippen LogP contribution < -0.4 is 5.43 Å². The minimum absolute atomic E-state index is 0.0394. The average Bonchev–Trinajstić information content (AvgIpc) is 1.87. The maximum absolute atomic E-state index is 4.06. The van der Waals surface area contributed by atoms with E-state index >= 15 is 0 Å². The summed E-state index contributed by atoms with van der Waals surface area (Å²) in [6.07, 6.45) is 3.28. The number of nitrogens with one attached hydrogen (secondary N) is 1. The zero-order chi connectivity index (χ0) is 8.91. The van der Waals surface area contributed by atoms with Crippen molar-refractivity contribution >= 4 is 5.71 Å². The molecule has 0 saturated carbocycles. The first-order valence-corrected chi connectivity index (χ1v) is 3.59. The molecule has 62 valence electrons. The molecule has 0 heterocycles. The van der Waals surface area contributed by atoms with Crippen molar-refractivity contribution < 1.29 is 0 Å². The zero-order valence-electron chi connectivity index (χ0n) is 7.52. The van der Waals surface area contributed by atoms with Crippen molar-refractivity contribution in [2.75, 3.05) is 0 Å². The lowest BCUT2D eigenvalue weighted by Gasteiger charge is -2.17. The Morgan fingerprint density at radius 2 is 1.91 bits per heavy atom. The Balaban J connectivity index is 4.39. The zero-order valence-corrected chi connectivity index (χ0v) is 7.52. The molecule has 0 atom stereocenters. The van der Waals surface area contributed by atoms with Gasteiger partial charge in [0.2, 0.25) is 0 Å². The van der Waals surface area contributed by atoms with Gasteiger partial charge in [-0.3, -0.25) is 5.43 Å². The van der Waals surface area contributed by atoms with E-state index in [0.29, 0.717) is 0 Å². The molecule has 0 rings (SSSR count). The van der Waals surface area contributed by atoms with Crippen LogP contribution >= 0.6 is 0 Å². The maximum atomic E-state index is 4.06. The molecule has 0 aliphatic carbocycles. The van der Waals surface area contributed by atoms with Crippen LogP contribution in [0.4, 0.5) is 0 Å². The van der Waals surface area contributed by atoms with E-state index in [9.17, 15) is 0 Å². The highest BCUT2D eigenvalue weighted by molar-refractivity contribution is 5.98. The highest BCUT2D eigenvalue weighted by Gasteiger charge is 2.15. The molecule has 0 aliphatic heterocycles. The number of hydrogen-bond acceptors (Lipinski definition) is 2. The second-order valence-electron chi connectivity index (χ2n) is 3.28. The molecule has 0 spiro atoms. The van der Waals surface area contributed by atoms with Gasteiger partial charge >= 0.3 is 0 Å². The molecule has 0 aromatic heterocycles. The highest BCUT2D eigenvalue weighted by atomic mass is 15.3. The predicted octanol–water partition coefficient (Wildman–Crippen LogP) is 2.31. The average molecular weight is 152 g/mol. The number of hydrogen-bond donors (Lipinski definition) is 1. The third-order valence-corrected chi connectivity index (χ3v) is 1.24. The minimum atomic E-state index is 0.0394. The fourth-order valence-electron chi connectivity index (χ4n) is 0.635. The van der Waals surface area contributed by atoms with Gasteiger partial charge < -0.3 is 0 Å². The lowest BCUT2D eigenvalue weighted by molar-refractivity contribution is 0.588. The van der Waals surface area contributed by atoms with Gasteiger partial charge in [-0.1, -0.05) is 33.9 Å². The van der Waals surface area contributed by atoms with Crippen LogP contribution in [0.15, 0.2) is 30.5 Å². The molecule has 0 saturated heterocycles. The van der Waals surface area contributed by atoms with E-state index in [1.165, 1.54) is 6.20 Å². The summed E-state index contributed by atoms with van der Waals surface area (Å²) in [7, 11) is 0. The van der Waals surface area contributed by atoms with E-state index in [1.807, 2.05) is 0 Å². The van der Waals surface area contributed by atoms with Crippen LogP contribution in [0.25, 0.3) is 0 Å². The van der Waals surface area contributed by atoms with Gasteiger partial charge in [0.05, 0.1) is 5.71 Å². The molecule has 0 fully saturated rings. The first-order chi connectivity index (χ1) is 5.02. The summed E-state index contributed by atoms with van der Waals surface area (Å²) >= 11 is 0. The number of nitrogens with zero attached hydrogens (tertiary/aromatic N) is 1. The quantitative estimate of drug-likeness (QED) is 0.487. The smallest absolute Gasteiger partial charge is 0.0654 e. The van der Waals surface area contributed by atoms with Crippen molar-refractivity contribution in [3.63, 3.8) is 0 Å². The van der Waals surface area contributed by atoms with Gasteiger partial charge in [-0.15, -0.1) is 0 Å². The number of hydrazone groups is 1. The van der Waals surface area contributed by atoms with E-state index in [-0.39, 0.29) is 5.41 Å². The van der Waals surface area contributed by atoms with Gasteiger partial charge in [0.25, 0.3) is 0 Å². The monoisotopic (exact) mass is 152 g/mol. The van der Waals surface area contributed by atoms with Crippen molar-refractivity contribution in [1.29, 1.82) is 0 Å². The topological polar surface area (TPSA) is 24.4 Å². The van der Waals surface area contributed by atoms with Gasteiger partial charge in [0.15, 0.2) is 0 Å². The van der Waals surface area contributed by atoms with Crippen LogP contribution in [0.3, 0.4) is 0 Å². The van der Waals surface area contributed by atoms with Gasteiger partial charge in [0.1, 0.15) is 0 Å². The summed E-state index contributed by atoms with van der Waals surface area (Å²) in [6, 6.07) is 0. The third-order valence-electron chi connectivity index (χ3n) is 1.24. The van der Waals surface area contributed by atoms with Gasteiger partial charge in [-0.05, 0) is 6.08 Å². The van der Waals surface area contributed by atoms with Crippen molar-refractivity contribution in [1.82, 2.24) is 5.43 Å². The van der Waals surface area contributed by atoms with Crippen LogP contribution in [0.1, 0.15) is 20.8 Å². The largest absolute Gasteiger partial charge is 0.286 e. The molecule has 0 bridgehead atoms. The summed E-state index contributed by atoms with van der Waals surface area (Å²) in [6.45, 7) is 13.4. The minimum Gasteiger partial charge on any atom is -0.286 e. The van der Waals surface area contributed by atoms with E-state index in [2.05, 4.69) is 44.5 Å². The normalized spacial score (nSPS) is 12.5. The van der Waals surface area contributed by atoms with E-state index < -0.39 is 0 Å². The van der Waals surface area contributed by atoms with Crippen molar-refractivity contribution in [3.05, 3.63) is 25.4 Å². The van der Waals surface area contributed by atoms with Gasteiger partial charge in [0, 0.05) is 11.6 Å². The Morgan fingerprint density at radius 1 is 1.36 bits per heavy atom. The van der Waals surface area contributed by atoms with E-state index in [1.54, 1.807) is 6.08 Å². The van der Waals surface area contributed by atoms with Crippen LogP contribution in [0.5, 0.6) is 0 Å². The molecule has 0 unspecified atom stereocenters. The van der Waals surface area contributed by atoms with E-state index in [4.69, 9.17) is 0 Å². The summed E-state index contributed by atoms with van der Waals surface area (Å²) in [5.74, 6) is 0. The highest BCUT2D eigenvalue weighted by Crippen LogP contribution is 2.15. The van der Waals surface area contributed by atoms with Gasteiger partial charge in [-0.2, -0.15) is 5.10 Å². The SMILES string of the molecule is C=CN/N=C(\C=C)C(C)(C)C. The molecule has 0 aromatic rings. The molecule has 0 amide bonds. The molecule has 2 nitrogen and oxygen atoms in total. The summed E-state index contributed by atoms with van der Waals surface area (Å²) in [5, 5.41) is 4.06. The van der Waals surface area contributed by atoms with Crippen molar-refractivity contribution in [3.8, 4) is 0 Å². The molecule has 0 radical (unpaired) electrons. The lowest BCUT2D eigenvalue weighted by Crippen LogP contribution is -2.20. The first kappa shape index (κ1) is 9.95. The van der Waals surface area contributed by atoms with Crippen LogP contribution in [0.2, 0.25) is 0 Å². The standard InChI is InChI=1S/C9H16N2/c1-6-8(9(3,4)5)11-10-7-2/h6-7,10H,1-2H2,3-5H3/b11-8+. The Labute approximate surface area is 68.7 Å². The first-order valence-electron chi connectivity index (χ1n) is 3.59. The Bertz CT molecular complexity index is 172. The molecular weight excluding hydrogens is 136 g/mol. The molecule has 0 aliphatic rings. The fraction of sp³-hybridized carbons (Fsp3) is 0.444. The second-order valence-corrected chi connectivity index (χ2v) is 3.28. The maximum Gasteiger partial charge on any atom is 0.0654 e. The fourth-order valence-corrected chi connectivity index (χ4v) is 0.635. The van der Waals surface area contributed by atoms with Crippen molar-refractivity contribution in [2.45, 2.75) is 20.8 Å². The van der Waals surface area contributed by atoms with Crippen LogP contribution in [0, 0.1) is 5.41 Å². The molecule has 0 aromatic carbocycles. The van der Waals surface area contributed by atoms with Crippen LogP contribution in [-0.2, 0) is 0 Å². The molecule has 2 heteroatoms. The van der Waals surface area contributed by atoms with Crippen molar-refractivity contribution in [2.24, 2.45) is 10.5 Å². The number of rotatable bonds is 3. The predicted molar refractivity (Wildman–Crippen MR) is 50.4 cm³/mol. The Morgan fingerprint density at radius 3 is 2.18 bits per heavy atom. The summed E-state index contributed by atoms with van der Waals surface area (Å²) in [4.78, 5) is 0. The summed E-state index contributed by atoms with van der Waals surface area (Å²) < 4.78 is 0. The van der Waals surface area contributed by atoms with E-state index in [0.717, 1.165) is 5.71 Å². The molecular formula is C9H16N2. The second kappa shape index (κ2) is 3.96. The summed E-state index contributed by atoms with van der Waals surface area (Å²) in [5.41, 5.74) is 3.65. The third kappa shape index (κ3) is 3.61. The number of allylic oxidation sites excluding steroid dienone is 1. The Hall–Kier alpha value is -1.05. The molecule has 11 heavy (non-hydrogen) atoms. The Kier molecular flexibility index (Phi) is 3.58.